The third-order valence-corrected chi connectivity index (χ3v) is 7.44. The summed E-state index contributed by atoms with van der Waals surface area (Å²) >= 11 is 0. The van der Waals surface area contributed by atoms with Crippen molar-refractivity contribution >= 4 is 21.8 Å². The van der Waals surface area contributed by atoms with Gasteiger partial charge >= 0.3 is 0 Å². The molecule has 1 saturated heterocycles. The number of hydrogen-bond acceptors (Lipinski definition) is 4. The number of nitrogens with one attached hydrogen (secondary N) is 1. The Balaban J connectivity index is 1.78. The van der Waals surface area contributed by atoms with E-state index in [1.54, 1.807) is 12.1 Å². The lowest BCUT2D eigenvalue weighted by atomic mass is 9.93. The van der Waals surface area contributed by atoms with Crippen molar-refractivity contribution in [3.8, 4) is 0 Å². The molecule has 0 unspecified atom stereocenters. The number of piperazine rings is 1. The summed E-state index contributed by atoms with van der Waals surface area (Å²) in [6.07, 6.45) is 5.57. The molecule has 2 aliphatic rings. The maximum atomic E-state index is 13.2. The fourth-order valence-corrected chi connectivity index (χ4v) is 5.49. The van der Waals surface area contributed by atoms with E-state index < -0.39 is 10.0 Å². The van der Waals surface area contributed by atoms with Crippen molar-refractivity contribution in [3.05, 3.63) is 29.8 Å². The summed E-state index contributed by atoms with van der Waals surface area (Å²) in [7, 11) is -3.75. The molecule has 0 atom stereocenters. The normalized spacial score (nSPS) is 19.2. The van der Waals surface area contributed by atoms with Crippen LogP contribution in [0.25, 0.3) is 0 Å². The van der Waals surface area contributed by atoms with Crippen molar-refractivity contribution < 1.29 is 18.0 Å². The molecular weight excluding hydrogens is 390 g/mol. The predicted octanol–water partition coefficient (Wildman–Crippen LogP) is 2.24. The monoisotopic (exact) mass is 421 g/mol. The Kier molecular flexibility index (Phi) is 6.95. The van der Waals surface area contributed by atoms with Gasteiger partial charge in [0, 0.05) is 31.2 Å². The van der Waals surface area contributed by atoms with Crippen LogP contribution in [0.2, 0.25) is 0 Å². The molecule has 29 heavy (non-hydrogen) atoms. The molecule has 0 radical (unpaired) electrons. The van der Waals surface area contributed by atoms with Crippen LogP contribution in [0.3, 0.4) is 0 Å². The molecule has 1 aliphatic heterocycles. The van der Waals surface area contributed by atoms with Gasteiger partial charge in [0.2, 0.25) is 15.9 Å². The number of rotatable bonds is 6. The van der Waals surface area contributed by atoms with Gasteiger partial charge < -0.3 is 10.2 Å². The van der Waals surface area contributed by atoms with Gasteiger partial charge in [-0.2, -0.15) is 4.31 Å². The average molecular weight is 422 g/mol. The van der Waals surface area contributed by atoms with Crippen LogP contribution in [0.5, 0.6) is 0 Å². The van der Waals surface area contributed by atoms with Gasteiger partial charge in [0.1, 0.15) is 0 Å². The Hall–Kier alpha value is -1.93. The summed E-state index contributed by atoms with van der Waals surface area (Å²) in [4.78, 5) is 26.8. The zero-order valence-electron chi connectivity index (χ0n) is 17.3. The lowest BCUT2D eigenvalue weighted by Gasteiger charge is -2.35. The zero-order valence-corrected chi connectivity index (χ0v) is 18.1. The number of carbonyl (C=O) groups is 2. The number of amides is 2. The van der Waals surface area contributed by atoms with E-state index >= 15 is 0 Å². The summed E-state index contributed by atoms with van der Waals surface area (Å²) in [6.45, 7) is 5.29. The fourth-order valence-electron chi connectivity index (χ4n) is 4.09. The van der Waals surface area contributed by atoms with E-state index in [1.807, 2.05) is 4.90 Å². The number of carbonyl (C=O) groups excluding carboxylic acids is 2. The van der Waals surface area contributed by atoms with Crippen molar-refractivity contribution in [3.63, 3.8) is 0 Å². The fraction of sp³-hybridized carbons (Fsp3) is 0.619. The number of hydrogen-bond donors (Lipinski definition) is 1. The molecule has 1 aromatic rings. The van der Waals surface area contributed by atoms with Gasteiger partial charge in [0.05, 0.1) is 11.4 Å². The quantitative estimate of drug-likeness (QED) is 0.763. The van der Waals surface area contributed by atoms with Gasteiger partial charge in [0.25, 0.3) is 5.91 Å². The molecule has 7 nitrogen and oxygen atoms in total. The summed E-state index contributed by atoms with van der Waals surface area (Å²) in [5.41, 5.74) is 0.506. The Bertz CT molecular complexity index is 830. The van der Waals surface area contributed by atoms with Crippen molar-refractivity contribution in [1.82, 2.24) is 14.5 Å². The molecule has 1 N–H and O–H groups in total. The second-order valence-corrected chi connectivity index (χ2v) is 10.3. The first-order valence-electron chi connectivity index (χ1n) is 10.5. The topological polar surface area (TPSA) is 86.8 Å². The Morgan fingerprint density at radius 2 is 1.83 bits per heavy atom. The third-order valence-electron chi connectivity index (χ3n) is 5.58. The van der Waals surface area contributed by atoms with Crippen molar-refractivity contribution in [1.29, 1.82) is 0 Å². The summed E-state index contributed by atoms with van der Waals surface area (Å²) in [5.74, 6) is 0.0288. The van der Waals surface area contributed by atoms with Crippen LogP contribution >= 0.6 is 0 Å². The highest BCUT2D eigenvalue weighted by Crippen LogP contribution is 2.25. The number of sulfonamides is 1. The molecule has 2 amide bonds. The summed E-state index contributed by atoms with van der Waals surface area (Å²) in [5, 5.41) is 2.62. The Morgan fingerprint density at radius 3 is 2.41 bits per heavy atom. The molecule has 1 aromatic carbocycles. The second kappa shape index (κ2) is 9.26. The molecule has 3 rings (SSSR count). The van der Waals surface area contributed by atoms with Gasteiger partial charge in [-0.05, 0) is 43.0 Å². The van der Waals surface area contributed by atoms with Gasteiger partial charge in [-0.1, -0.05) is 33.1 Å². The minimum absolute atomic E-state index is 0.0353. The SMILES string of the molecule is CC(C)CN(C(=O)c1ccc(S(=O)(=O)N2CCNC(=O)C2)cc1)C1CCCCC1. The van der Waals surface area contributed by atoms with Crippen LogP contribution in [-0.2, 0) is 14.8 Å². The van der Waals surface area contributed by atoms with Crippen LogP contribution in [0.15, 0.2) is 29.2 Å². The van der Waals surface area contributed by atoms with Crippen LogP contribution in [0.4, 0.5) is 0 Å². The first-order valence-corrected chi connectivity index (χ1v) is 11.9. The maximum absolute atomic E-state index is 13.2. The zero-order chi connectivity index (χ0) is 21.0. The molecule has 2 fully saturated rings. The predicted molar refractivity (Wildman–Crippen MR) is 111 cm³/mol. The van der Waals surface area contributed by atoms with E-state index in [4.69, 9.17) is 0 Å². The highest BCUT2D eigenvalue weighted by molar-refractivity contribution is 7.89. The lowest BCUT2D eigenvalue weighted by molar-refractivity contribution is -0.122. The summed E-state index contributed by atoms with van der Waals surface area (Å²) in [6, 6.07) is 6.39. The first kappa shape index (κ1) is 21.8. The first-order chi connectivity index (χ1) is 13.8. The summed E-state index contributed by atoms with van der Waals surface area (Å²) < 4.78 is 26.8. The van der Waals surface area contributed by atoms with Gasteiger partial charge in [-0.25, -0.2) is 8.42 Å². The van der Waals surface area contributed by atoms with E-state index in [-0.39, 0.29) is 35.8 Å². The Labute approximate surface area is 173 Å². The van der Waals surface area contributed by atoms with Gasteiger partial charge in [-0.15, -0.1) is 0 Å². The van der Waals surface area contributed by atoms with E-state index in [9.17, 15) is 18.0 Å². The smallest absolute Gasteiger partial charge is 0.254 e. The minimum Gasteiger partial charge on any atom is -0.354 e. The van der Waals surface area contributed by atoms with Crippen LogP contribution in [-0.4, -0.2) is 61.7 Å². The molecule has 0 aromatic heterocycles. The third kappa shape index (κ3) is 5.17. The van der Waals surface area contributed by atoms with E-state index in [0.717, 1.165) is 25.7 Å². The highest BCUT2D eigenvalue weighted by Gasteiger charge is 2.30. The number of benzene rings is 1. The molecule has 1 saturated carbocycles. The van der Waals surface area contributed by atoms with Crippen LogP contribution in [0.1, 0.15) is 56.3 Å². The molecule has 1 heterocycles. The van der Waals surface area contributed by atoms with Crippen LogP contribution < -0.4 is 5.32 Å². The lowest BCUT2D eigenvalue weighted by Crippen LogP contribution is -2.49. The molecule has 0 bridgehead atoms. The molecule has 8 heteroatoms. The Morgan fingerprint density at radius 1 is 1.17 bits per heavy atom. The molecule has 160 valence electrons. The minimum atomic E-state index is -3.75. The molecule has 0 spiro atoms. The van der Waals surface area contributed by atoms with Gasteiger partial charge in [-0.3, -0.25) is 9.59 Å². The van der Waals surface area contributed by atoms with E-state index in [0.29, 0.717) is 24.6 Å². The largest absolute Gasteiger partial charge is 0.354 e. The molecule has 1 aliphatic carbocycles. The van der Waals surface area contributed by atoms with Crippen molar-refractivity contribution in [2.24, 2.45) is 5.92 Å². The van der Waals surface area contributed by atoms with Crippen LogP contribution in [0, 0.1) is 5.92 Å². The van der Waals surface area contributed by atoms with Gasteiger partial charge in [0.15, 0.2) is 0 Å². The number of nitrogens with zero attached hydrogens (tertiary/aromatic N) is 2. The van der Waals surface area contributed by atoms with Crippen molar-refractivity contribution in [2.45, 2.75) is 56.9 Å². The maximum Gasteiger partial charge on any atom is 0.254 e. The average Bonchev–Trinajstić information content (AvgIpc) is 2.72. The second-order valence-electron chi connectivity index (χ2n) is 8.36. The van der Waals surface area contributed by atoms with E-state index in [1.165, 1.54) is 22.9 Å². The van der Waals surface area contributed by atoms with E-state index in [2.05, 4.69) is 19.2 Å². The highest BCUT2D eigenvalue weighted by atomic mass is 32.2. The molecular formula is C21H31N3O4S. The standard InChI is InChI=1S/C21H31N3O4S/c1-16(2)14-24(18-6-4-3-5-7-18)21(26)17-8-10-19(11-9-17)29(27,28)23-13-12-22-20(25)15-23/h8-11,16,18H,3-7,12-15H2,1-2H3,(H,22,25). The van der Waals surface area contributed by atoms with Crippen molar-refractivity contribution in [2.75, 3.05) is 26.2 Å².